The zero-order chi connectivity index (χ0) is 11.5. The highest BCUT2D eigenvalue weighted by Crippen LogP contribution is 2.38. The molecule has 4 heteroatoms. The van der Waals surface area contributed by atoms with Crippen molar-refractivity contribution in [2.75, 3.05) is 19.8 Å². The Balaban J connectivity index is 2.20. The van der Waals surface area contributed by atoms with Crippen molar-refractivity contribution < 1.29 is 4.74 Å². The number of ether oxygens (including phenoxy) is 1. The summed E-state index contributed by atoms with van der Waals surface area (Å²) in [4.78, 5) is 1.27. The molecule has 0 amide bonds. The van der Waals surface area contributed by atoms with Gasteiger partial charge in [-0.25, -0.2) is 0 Å². The first kappa shape index (κ1) is 12.4. The van der Waals surface area contributed by atoms with Crippen LogP contribution in [0.3, 0.4) is 0 Å². The number of hydrogen-bond donors (Lipinski definition) is 1. The second-order valence-corrected chi connectivity index (χ2v) is 5.55. The van der Waals surface area contributed by atoms with Crippen molar-refractivity contribution >= 4 is 22.9 Å². The third-order valence-electron chi connectivity index (χ3n) is 3.07. The minimum Gasteiger partial charge on any atom is -0.381 e. The van der Waals surface area contributed by atoms with E-state index in [0.717, 1.165) is 31.2 Å². The Morgan fingerprint density at radius 2 is 2.50 bits per heavy atom. The Labute approximate surface area is 106 Å². The Morgan fingerprint density at radius 1 is 1.69 bits per heavy atom. The summed E-state index contributed by atoms with van der Waals surface area (Å²) in [5.74, 6) is 0.565. The van der Waals surface area contributed by atoms with E-state index < -0.39 is 0 Å². The summed E-state index contributed by atoms with van der Waals surface area (Å²) in [6.45, 7) is 6.90. The van der Waals surface area contributed by atoms with E-state index in [1.165, 1.54) is 10.4 Å². The number of thiophene rings is 1. The zero-order valence-electron chi connectivity index (χ0n) is 9.75. The van der Waals surface area contributed by atoms with Crippen LogP contribution in [0.1, 0.15) is 29.8 Å². The van der Waals surface area contributed by atoms with E-state index in [4.69, 9.17) is 16.3 Å². The topological polar surface area (TPSA) is 21.3 Å². The Hall–Kier alpha value is -0.0900. The molecule has 2 nitrogen and oxygen atoms in total. The molecule has 2 atom stereocenters. The van der Waals surface area contributed by atoms with Crippen LogP contribution in [-0.2, 0) is 4.74 Å². The second kappa shape index (κ2) is 5.50. The molecule has 2 rings (SSSR count). The summed E-state index contributed by atoms with van der Waals surface area (Å²) in [6.07, 6.45) is 1.13. The van der Waals surface area contributed by atoms with Crippen LogP contribution in [0, 0.1) is 12.8 Å². The summed E-state index contributed by atoms with van der Waals surface area (Å²) < 4.78 is 5.47. The van der Waals surface area contributed by atoms with Crippen LogP contribution in [0.25, 0.3) is 0 Å². The second-order valence-electron chi connectivity index (χ2n) is 4.26. The fourth-order valence-corrected chi connectivity index (χ4v) is 3.65. The molecule has 1 aromatic rings. The fraction of sp³-hybridized carbons (Fsp3) is 0.667. The van der Waals surface area contributed by atoms with E-state index in [9.17, 15) is 0 Å². The highest BCUT2D eigenvalue weighted by atomic mass is 35.5. The smallest absolute Gasteiger partial charge is 0.0590 e. The predicted octanol–water partition coefficient (Wildman–Crippen LogP) is 3.40. The lowest BCUT2D eigenvalue weighted by Gasteiger charge is -2.22. The van der Waals surface area contributed by atoms with Gasteiger partial charge in [0, 0.05) is 23.4 Å². The Bertz CT molecular complexity index is 347. The van der Waals surface area contributed by atoms with Crippen molar-refractivity contribution in [3.8, 4) is 0 Å². The summed E-state index contributed by atoms with van der Waals surface area (Å²) in [6, 6.07) is 0.360. The van der Waals surface area contributed by atoms with E-state index in [1.54, 1.807) is 11.3 Å². The van der Waals surface area contributed by atoms with Crippen LogP contribution in [0.2, 0.25) is 5.02 Å². The van der Waals surface area contributed by atoms with Crippen LogP contribution in [0.15, 0.2) is 5.38 Å². The highest BCUT2D eigenvalue weighted by molar-refractivity contribution is 7.10. The van der Waals surface area contributed by atoms with Gasteiger partial charge in [0.2, 0.25) is 0 Å². The van der Waals surface area contributed by atoms with Crippen LogP contribution in [-0.4, -0.2) is 19.8 Å². The average molecular weight is 260 g/mol. The minimum atomic E-state index is 0.360. The lowest BCUT2D eigenvalue weighted by Crippen LogP contribution is -2.28. The van der Waals surface area contributed by atoms with Gasteiger partial charge in [-0.05, 0) is 30.8 Å². The van der Waals surface area contributed by atoms with Crippen molar-refractivity contribution in [1.82, 2.24) is 5.32 Å². The number of hydrogen-bond acceptors (Lipinski definition) is 3. The van der Waals surface area contributed by atoms with Crippen LogP contribution >= 0.6 is 22.9 Å². The van der Waals surface area contributed by atoms with Gasteiger partial charge in [-0.2, -0.15) is 0 Å². The number of halogens is 1. The van der Waals surface area contributed by atoms with Gasteiger partial charge in [0.15, 0.2) is 0 Å². The number of rotatable bonds is 4. The average Bonchev–Trinajstić information content (AvgIpc) is 2.89. The molecule has 1 saturated heterocycles. The van der Waals surface area contributed by atoms with Gasteiger partial charge in [0.25, 0.3) is 0 Å². The van der Waals surface area contributed by atoms with E-state index in [0.29, 0.717) is 12.0 Å². The van der Waals surface area contributed by atoms with Gasteiger partial charge in [-0.1, -0.05) is 18.5 Å². The molecule has 0 aliphatic carbocycles. The van der Waals surface area contributed by atoms with Gasteiger partial charge < -0.3 is 10.1 Å². The SMILES string of the molecule is CCNC(c1scc(C)c1Cl)C1CCOC1. The van der Waals surface area contributed by atoms with Crippen LogP contribution in [0.5, 0.6) is 0 Å². The highest BCUT2D eigenvalue weighted by Gasteiger charge is 2.29. The molecule has 1 aliphatic rings. The van der Waals surface area contributed by atoms with Gasteiger partial charge in [-0.3, -0.25) is 0 Å². The molecule has 1 aromatic heterocycles. The summed E-state index contributed by atoms with van der Waals surface area (Å²) in [5, 5.41) is 6.61. The van der Waals surface area contributed by atoms with Crippen molar-refractivity contribution in [2.45, 2.75) is 26.3 Å². The maximum absolute atomic E-state index is 6.35. The minimum absolute atomic E-state index is 0.360. The van der Waals surface area contributed by atoms with Gasteiger partial charge >= 0.3 is 0 Å². The maximum atomic E-state index is 6.35. The fourth-order valence-electron chi connectivity index (χ4n) is 2.17. The Morgan fingerprint density at radius 3 is 3.00 bits per heavy atom. The first-order valence-corrected chi connectivity index (χ1v) is 7.04. The third-order valence-corrected chi connectivity index (χ3v) is 4.87. The monoisotopic (exact) mass is 259 g/mol. The normalized spacial score (nSPS) is 22.6. The molecule has 1 aliphatic heterocycles. The van der Waals surface area contributed by atoms with Gasteiger partial charge in [0.05, 0.1) is 11.6 Å². The summed E-state index contributed by atoms with van der Waals surface area (Å²) in [5.41, 5.74) is 1.18. The van der Waals surface area contributed by atoms with Crippen molar-refractivity contribution in [1.29, 1.82) is 0 Å². The van der Waals surface area contributed by atoms with E-state index in [2.05, 4.69) is 24.5 Å². The number of nitrogens with one attached hydrogen (secondary N) is 1. The van der Waals surface area contributed by atoms with Crippen LogP contribution in [0.4, 0.5) is 0 Å². The van der Waals surface area contributed by atoms with E-state index in [1.807, 2.05) is 0 Å². The quantitative estimate of drug-likeness (QED) is 0.895. The molecule has 0 bridgehead atoms. The standard InChI is InChI=1S/C12H18ClNOS/c1-3-14-11(9-4-5-15-6-9)12-10(13)8(2)7-16-12/h7,9,11,14H,3-6H2,1-2H3. The molecule has 2 unspecified atom stereocenters. The molecule has 0 spiro atoms. The molecular weight excluding hydrogens is 242 g/mol. The lowest BCUT2D eigenvalue weighted by atomic mass is 9.97. The Kier molecular flexibility index (Phi) is 4.25. The van der Waals surface area contributed by atoms with E-state index in [-0.39, 0.29) is 0 Å². The molecule has 0 radical (unpaired) electrons. The first-order valence-electron chi connectivity index (χ1n) is 5.78. The molecular formula is C12H18ClNOS. The largest absolute Gasteiger partial charge is 0.381 e. The lowest BCUT2D eigenvalue weighted by molar-refractivity contribution is 0.177. The molecule has 2 heterocycles. The van der Waals surface area contributed by atoms with Crippen molar-refractivity contribution in [3.05, 3.63) is 20.8 Å². The van der Waals surface area contributed by atoms with Gasteiger partial charge in [0.1, 0.15) is 0 Å². The maximum Gasteiger partial charge on any atom is 0.0590 e. The zero-order valence-corrected chi connectivity index (χ0v) is 11.3. The first-order chi connectivity index (χ1) is 7.74. The molecule has 1 N–H and O–H groups in total. The molecule has 0 saturated carbocycles. The van der Waals surface area contributed by atoms with Crippen molar-refractivity contribution in [2.24, 2.45) is 5.92 Å². The van der Waals surface area contributed by atoms with E-state index >= 15 is 0 Å². The number of aryl methyl sites for hydroxylation is 1. The summed E-state index contributed by atoms with van der Waals surface area (Å²) >= 11 is 8.11. The molecule has 1 fully saturated rings. The molecule has 0 aromatic carbocycles. The van der Waals surface area contributed by atoms with Gasteiger partial charge in [-0.15, -0.1) is 11.3 Å². The predicted molar refractivity (Wildman–Crippen MR) is 69.4 cm³/mol. The molecule has 90 valence electrons. The third kappa shape index (κ3) is 2.43. The van der Waals surface area contributed by atoms with Crippen molar-refractivity contribution in [3.63, 3.8) is 0 Å². The summed E-state index contributed by atoms with van der Waals surface area (Å²) in [7, 11) is 0. The molecule has 16 heavy (non-hydrogen) atoms. The van der Waals surface area contributed by atoms with Crippen LogP contribution < -0.4 is 5.32 Å².